The molecule has 0 bridgehead atoms. The van der Waals surface area contributed by atoms with E-state index in [0.717, 1.165) is 18.2 Å². The maximum absolute atomic E-state index is 13.3. The number of hydrogen-bond donors (Lipinski definition) is 0. The number of aldehydes is 1. The van der Waals surface area contributed by atoms with Crippen molar-refractivity contribution >= 4 is 12.0 Å². The highest BCUT2D eigenvalue weighted by Crippen LogP contribution is 2.27. The van der Waals surface area contributed by atoms with Gasteiger partial charge in [-0.05, 0) is 19.9 Å². The van der Waals surface area contributed by atoms with Crippen LogP contribution in [0.15, 0.2) is 18.2 Å². The highest BCUT2D eigenvalue weighted by atomic mass is 19.1. The first kappa shape index (κ1) is 11.3. The number of nitro benzene ring substituents is 1. The van der Waals surface area contributed by atoms with Crippen molar-refractivity contribution in [1.29, 1.82) is 0 Å². The fourth-order valence-electron chi connectivity index (χ4n) is 1.18. The van der Waals surface area contributed by atoms with Crippen molar-refractivity contribution in [1.82, 2.24) is 0 Å². The number of carbonyl (C=O) groups is 1. The van der Waals surface area contributed by atoms with Crippen molar-refractivity contribution in [2.75, 3.05) is 0 Å². The number of nitrogens with zero attached hydrogens (tertiary/aromatic N) is 1. The molecule has 0 aliphatic carbocycles. The lowest BCUT2D eigenvalue weighted by Crippen LogP contribution is -2.20. The van der Waals surface area contributed by atoms with E-state index >= 15 is 0 Å². The highest BCUT2D eigenvalue weighted by molar-refractivity contribution is 5.68. The second-order valence-electron chi connectivity index (χ2n) is 3.76. The third-order valence-corrected chi connectivity index (χ3v) is 2.15. The fourth-order valence-corrected chi connectivity index (χ4v) is 1.18. The van der Waals surface area contributed by atoms with E-state index < -0.39 is 16.2 Å². The molecular formula is C10H10FNO3. The van der Waals surface area contributed by atoms with Crippen LogP contribution >= 0.6 is 0 Å². The standard InChI is InChI=1S/C10H10FNO3/c1-10(2,6-13)8-5-7(12(14)15)3-4-9(8)11/h3-6H,1-2H3. The summed E-state index contributed by atoms with van der Waals surface area (Å²) in [5.41, 5.74) is -1.25. The van der Waals surface area contributed by atoms with E-state index in [2.05, 4.69) is 0 Å². The molecule has 0 fully saturated rings. The lowest BCUT2D eigenvalue weighted by atomic mass is 9.86. The van der Waals surface area contributed by atoms with Gasteiger partial charge in [0.05, 0.1) is 4.92 Å². The molecule has 4 nitrogen and oxygen atoms in total. The molecule has 0 unspecified atom stereocenters. The number of halogens is 1. The molecule has 0 saturated carbocycles. The normalized spacial score (nSPS) is 11.1. The Morgan fingerprint density at radius 2 is 2.07 bits per heavy atom. The first-order chi connectivity index (χ1) is 6.88. The Hall–Kier alpha value is -1.78. The van der Waals surface area contributed by atoms with Gasteiger partial charge in [-0.15, -0.1) is 0 Å². The van der Waals surface area contributed by atoms with Crippen molar-refractivity contribution in [3.05, 3.63) is 39.7 Å². The van der Waals surface area contributed by atoms with E-state index in [1.165, 1.54) is 13.8 Å². The molecule has 1 aromatic rings. The van der Waals surface area contributed by atoms with E-state index in [-0.39, 0.29) is 11.3 Å². The topological polar surface area (TPSA) is 60.2 Å². The third-order valence-electron chi connectivity index (χ3n) is 2.15. The number of carbonyl (C=O) groups excluding carboxylic acids is 1. The molecule has 15 heavy (non-hydrogen) atoms. The summed E-state index contributed by atoms with van der Waals surface area (Å²) in [7, 11) is 0. The Bertz CT molecular complexity index is 415. The minimum atomic E-state index is -1.06. The van der Waals surface area contributed by atoms with Crippen LogP contribution in [0.25, 0.3) is 0 Å². The maximum atomic E-state index is 13.3. The minimum absolute atomic E-state index is 0.0340. The molecule has 0 N–H and O–H groups in total. The summed E-state index contributed by atoms with van der Waals surface area (Å²) in [6.45, 7) is 3.00. The Kier molecular flexibility index (Phi) is 2.83. The number of non-ortho nitro benzene ring substituents is 1. The van der Waals surface area contributed by atoms with E-state index in [9.17, 15) is 19.3 Å². The molecule has 80 valence electrons. The second-order valence-corrected chi connectivity index (χ2v) is 3.76. The van der Waals surface area contributed by atoms with E-state index in [4.69, 9.17) is 0 Å². The van der Waals surface area contributed by atoms with Crippen LogP contribution in [-0.4, -0.2) is 11.2 Å². The van der Waals surface area contributed by atoms with Gasteiger partial charge < -0.3 is 4.79 Å². The smallest absolute Gasteiger partial charge is 0.269 e. The molecule has 0 amide bonds. The molecule has 0 aromatic heterocycles. The van der Waals surface area contributed by atoms with Crippen molar-refractivity contribution in [3.63, 3.8) is 0 Å². The molecule has 0 radical (unpaired) electrons. The third kappa shape index (κ3) is 2.18. The highest BCUT2D eigenvalue weighted by Gasteiger charge is 2.25. The van der Waals surface area contributed by atoms with Crippen LogP contribution in [0.5, 0.6) is 0 Å². The summed E-state index contributed by atoms with van der Waals surface area (Å²) in [4.78, 5) is 20.6. The van der Waals surface area contributed by atoms with Gasteiger partial charge in [0.15, 0.2) is 0 Å². The summed E-state index contributed by atoms with van der Waals surface area (Å²) in [6, 6.07) is 3.15. The molecular weight excluding hydrogens is 201 g/mol. The SMILES string of the molecule is CC(C)(C=O)c1cc([N+](=O)[O-])ccc1F. The summed E-state index contributed by atoms with van der Waals surface area (Å²) < 4.78 is 13.3. The van der Waals surface area contributed by atoms with Crippen LogP contribution < -0.4 is 0 Å². The first-order valence-corrected chi connectivity index (χ1v) is 4.29. The quantitative estimate of drug-likeness (QED) is 0.437. The Morgan fingerprint density at radius 3 is 2.53 bits per heavy atom. The average molecular weight is 211 g/mol. The second kappa shape index (κ2) is 3.76. The van der Waals surface area contributed by atoms with Crippen molar-refractivity contribution in [2.45, 2.75) is 19.3 Å². The zero-order valence-corrected chi connectivity index (χ0v) is 8.36. The van der Waals surface area contributed by atoms with Crippen LogP contribution in [-0.2, 0) is 10.2 Å². The van der Waals surface area contributed by atoms with Gasteiger partial charge in [0.1, 0.15) is 12.1 Å². The van der Waals surface area contributed by atoms with Crippen molar-refractivity contribution < 1.29 is 14.1 Å². The lowest BCUT2D eigenvalue weighted by Gasteiger charge is -2.17. The number of hydrogen-bond acceptors (Lipinski definition) is 3. The maximum Gasteiger partial charge on any atom is 0.269 e. The van der Waals surface area contributed by atoms with Gasteiger partial charge in [-0.25, -0.2) is 4.39 Å². The summed E-state index contributed by atoms with van der Waals surface area (Å²) in [6.07, 6.45) is 0.565. The molecule has 0 aliphatic heterocycles. The van der Waals surface area contributed by atoms with Gasteiger partial charge in [-0.1, -0.05) is 0 Å². The van der Waals surface area contributed by atoms with Crippen molar-refractivity contribution in [3.8, 4) is 0 Å². The summed E-state index contributed by atoms with van der Waals surface area (Å²) >= 11 is 0. The Balaban J connectivity index is 3.34. The van der Waals surface area contributed by atoms with E-state index in [1.807, 2.05) is 0 Å². The average Bonchev–Trinajstić information content (AvgIpc) is 2.17. The molecule has 5 heteroatoms. The molecule has 0 aliphatic rings. The van der Waals surface area contributed by atoms with E-state index in [0.29, 0.717) is 6.29 Å². The molecule has 1 rings (SSSR count). The Morgan fingerprint density at radius 1 is 1.47 bits per heavy atom. The fraction of sp³-hybridized carbons (Fsp3) is 0.300. The Labute approximate surface area is 85.9 Å². The number of nitro groups is 1. The monoisotopic (exact) mass is 211 g/mol. The summed E-state index contributed by atoms with van der Waals surface area (Å²) in [5.74, 6) is -0.613. The number of rotatable bonds is 3. The van der Waals surface area contributed by atoms with Crippen LogP contribution in [0.4, 0.5) is 10.1 Å². The molecule has 0 heterocycles. The molecule has 1 aromatic carbocycles. The molecule has 0 saturated heterocycles. The molecule has 0 spiro atoms. The van der Waals surface area contributed by atoms with Gasteiger partial charge in [0.25, 0.3) is 5.69 Å². The van der Waals surface area contributed by atoms with Gasteiger partial charge in [0.2, 0.25) is 0 Å². The van der Waals surface area contributed by atoms with Crippen LogP contribution in [0.2, 0.25) is 0 Å². The summed E-state index contributed by atoms with van der Waals surface area (Å²) in [5, 5.41) is 10.5. The first-order valence-electron chi connectivity index (χ1n) is 4.29. The van der Waals surface area contributed by atoms with E-state index in [1.54, 1.807) is 0 Å². The van der Waals surface area contributed by atoms with Gasteiger partial charge in [-0.3, -0.25) is 10.1 Å². The lowest BCUT2D eigenvalue weighted by molar-refractivity contribution is -0.385. The molecule has 0 atom stereocenters. The van der Waals surface area contributed by atoms with Gasteiger partial charge >= 0.3 is 0 Å². The predicted octanol–water partition coefficient (Wildman–Crippen LogP) is 2.21. The van der Waals surface area contributed by atoms with Gasteiger partial charge in [-0.2, -0.15) is 0 Å². The largest absolute Gasteiger partial charge is 0.302 e. The zero-order chi connectivity index (χ0) is 11.6. The van der Waals surface area contributed by atoms with Crippen LogP contribution in [0.1, 0.15) is 19.4 Å². The number of benzene rings is 1. The van der Waals surface area contributed by atoms with Crippen molar-refractivity contribution in [2.24, 2.45) is 0 Å². The zero-order valence-electron chi connectivity index (χ0n) is 8.36. The van der Waals surface area contributed by atoms with Crippen LogP contribution in [0, 0.1) is 15.9 Å². The predicted molar refractivity (Wildman–Crippen MR) is 52.1 cm³/mol. The van der Waals surface area contributed by atoms with Crippen LogP contribution in [0.3, 0.4) is 0 Å². The van der Waals surface area contributed by atoms with Gasteiger partial charge in [0, 0.05) is 23.1 Å². The minimum Gasteiger partial charge on any atom is -0.302 e.